The zero-order valence-corrected chi connectivity index (χ0v) is 14.9. The third-order valence-corrected chi connectivity index (χ3v) is 4.37. The number of benzene rings is 3. The number of hydrogen-bond donors (Lipinski definition) is 0. The van der Waals surface area contributed by atoms with Gasteiger partial charge in [0.05, 0.1) is 7.11 Å². The molecule has 0 aliphatic heterocycles. The Bertz CT molecular complexity index is 886. The van der Waals surface area contributed by atoms with E-state index in [1.165, 1.54) is 0 Å². The maximum Gasteiger partial charge on any atom is 0.254 e. The topological polar surface area (TPSA) is 29.5 Å². The van der Waals surface area contributed by atoms with E-state index in [1.54, 1.807) is 7.11 Å². The number of methoxy groups -OCH3 is 1. The minimum absolute atomic E-state index is 0.0450. The highest BCUT2D eigenvalue weighted by Gasteiger charge is 2.19. The first-order valence-corrected chi connectivity index (χ1v) is 8.51. The van der Waals surface area contributed by atoms with Gasteiger partial charge in [0.2, 0.25) is 0 Å². The van der Waals surface area contributed by atoms with Crippen LogP contribution in [0.1, 0.15) is 29.8 Å². The molecule has 0 bridgehead atoms. The smallest absolute Gasteiger partial charge is 0.254 e. The molecule has 0 aromatic heterocycles. The molecule has 3 heteroatoms. The van der Waals surface area contributed by atoms with Gasteiger partial charge < -0.3 is 9.64 Å². The first kappa shape index (κ1) is 17.0. The highest BCUT2D eigenvalue weighted by molar-refractivity contribution is 5.98. The molecule has 0 saturated heterocycles. The van der Waals surface area contributed by atoms with Gasteiger partial charge in [-0.05, 0) is 54.4 Å². The van der Waals surface area contributed by atoms with E-state index < -0.39 is 0 Å². The monoisotopic (exact) mass is 333 g/mol. The lowest BCUT2D eigenvalue weighted by atomic mass is 10.1. The van der Waals surface area contributed by atoms with Gasteiger partial charge in [-0.2, -0.15) is 0 Å². The van der Waals surface area contributed by atoms with E-state index in [1.807, 2.05) is 79.4 Å². The van der Waals surface area contributed by atoms with Crippen LogP contribution < -0.4 is 4.74 Å². The van der Waals surface area contributed by atoms with E-state index in [-0.39, 0.29) is 11.9 Å². The third kappa shape index (κ3) is 3.82. The molecule has 25 heavy (non-hydrogen) atoms. The maximum absolute atomic E-state index is 13.1. The summed E-state index contributed by atoms with van der Waals surface area (Å²) in [5.74, 6) is 0.850. The van der Waals surface area contributed by atoms with Crippen LogP contribution in [0.3, 0.4) is 0 Å². The number of fused-ring (bicyclic) bond motifs is 1. The van der Waals surface area contributed by atoms with Crippen LogP contribution in [0.15, 0.2) is 66.7 Å². The second-order valence-electron chi connectivity index (χ2n) is 6.44. The Morgan fingerprint density at radius 3 is 2.44 bits per heavy atom. The lowest BCUT2D eigenvalue weighted by molar-refractivity contribution is 0.0690. The highest BCUT2D eigenvalue weighted by atomic mass is 16.5. The molecule has 1 amide bonds. The molecule has 0 saturated carbocycles. The van der Waals surface area contributed by atoms with Gasteiger partial charge in [-0.3, -0.25) is 4.79 Å². The van der Waals surface area contributed by atoms with Crippen molar-refractivity contribution in [1.82, 2.24) is 4.90 Å². The van der Waals surface area contributed by atoms with Crippen molar-refractivity contribution in [3.63, 3.8) is 0 Å². The molecule has 128 valence electrons. The predicted molar refractivity (Wildman–Crippen MR) is 102 cm³/mol. The van der Waals surface area contributed by atoms with Crippen LogP contribution in [0.25, 0.3) is 10.8 Å². The fourth-order valence-corrected chi connectivity index (χ4v) is 2.94. The van der Waals surface area contributed by atoms with Gasteiger partial charge in [0.15, 0.2) is 0 Å². The number of carbonyl (C=O) groups is 1. The van der Waals surface area contributed by atoms with Crippen LogP contribution in [0.4, 0.5) is 0 Å². The SMILES string of the molecule is COc1cccc(CN(C(=O)c2ccc3ccccc3c2)C(C)C)c1. The molecule has 0 aliphatic carbocycles. The van der Waals surface area contributed by atoms with E-state index >= 15 is 0 Å². The van der Waals surface area contributed by atoms with Gasteiger partial charge in [-0.25, -0.2) is 0 Å². The van der Waals surface area contributed by atoms with Gasteiger partial charge in [0.25, 0.3) is 5.91 Å². The van der Waals surface area contributed by atoms with E-state index in [0.717, 1.165) is 27.6 Å². The number of amides is 1. The van der Waals surface area contributed by atoms with Crippen LogP contribution in [-0.4, -0.2) is 24.0 Å². The van der Waals surface area contributed by atoms with Crippen LogP contribution >= 0.6 is 0 Å². The van der Waals surface area contributed by atoms with Gasteiger partial charge in [-0.15, -0.1) is 0 Å². The number of rotatable bonds is 5. The second-order valence-corrected chi connectivity index (χ2v) is 6.44. The highest BCUT2D eigenvalue weighted by Crippen LogP contribution is 2.20. The average molecular weight is 333 g/mol. The fourth-order valence-electron chi connectivity index (χ4n) is 2.94. The number of ether oxygens (including phenoxy) is 1. The molecule has 3 nitrogen and oxygen atoms in total. The minimum Gasteiger partial charge on any atom is -0.497 e. The molecule has 0 fully saturated rings. The summed E-state index contributed by atoms with van der Waals surface area (Å²) in [5, 5.41) is 2.22. The quantitative estimate of drug-likeness (QED) is 0.665. The zero-order valence-electron chi connectivity index (χ0n) is 14.9. The number of nitrogens with zero attached hydrogens (tertiary/aromatic N) is 1. The standard InChI is InChI=1S/C22H23NO2/c1-16(2)23(15-17-7-6-10-21(13-17)25-3)22(24)20-12-11-18-8-4-5-9-19(18)14-20/h4-14,16H,15H2,1-3H3. The first-order valence-electron chi connectivity index (χ1n) is 8.51. The summed E-state index contributed by atoms with van der Waals surface area (Å²) in [6.45, 7) is 4.64. The van der Waals surface area contributed by atoms with Gasteiger partial charge in [0, 0.05) is 18.2 Å². The van der Waals surface area contributed by atoms with Gasteiger partial charge >= 0.3 is 0 Å². The number of hydrogen-bond acceptors (Lipinski definition) is 2. The Labute approximate surface area is 148 Å². The lowest BCUT2D eigenvalue weighted by Gasteiger charge is -2.27. The molecule has 0 spiro atoms. The minimum atomic E-state index is 0.0450. The van der Waals surface area contributed by atoms with E-state index in [4.69, 9.17) is 4.74 Å². The van der Waals surface area contributed by atoms with Crippen LogP contribution in [0, 0.1) is 0 Å². The van der Waals surface area contributed by atoms with Crippen molar-refractivity contribution in [3.05, 3.63) is 77.9 Å². The molecular formula is C22H23NO2. The van der Waals surface area contributed by atoms with Crippen LogP contribution in [-0.2, 0) is 6.54 Å². The summed E-state index contributed by atoms with van der Waals surface area (Å²) in [6, 6.07) is 21.9. The summed E-state index contributed by atoms with van der Waals surface area (Å²) in [6.07, 6.45) is 0. The van der Waals surface area contributed by atoms with Crippen LogP contribution in [0.2, 0.25) is 0 Å². The van der Waals surface area contributed by atoms with Crippen molar-refractivity contribution >= 4 is 16.7 Å². The van der Waals surface area contributed by atoms with Crippen LogP contribution in [0.5, 0.6) is 5.75 Å². The molecule has 0 atom stereocenters. The molecule has 0 heterocycles. The first-order chi connectivity index (χ1) is 12.1. The summed E-state index contributed by atoms with van der Waals surface area (Å²) >= 11 is 0. The molecule has 3 aromatic rings. The van der Waals surface area contributed by atoms with Crippen molar-refractivity contribution in [2.75, 3.05) is 7.11 Å². The van der Waals surface area contributed by atoms with Crippen molar-refractivity contribution in [3.8, 4) is 5.75 Å². The Morgan fingerprint density at radius 2 is 1.72 bits per heavy atom. The van der Waals surface area contributed by atoms with E-state index in [9.17, 15) is 4.79 Å². The summed E-state index contributed by atoms with van der Waals surface area (Å²) in [4.78, 5) is 15.0. The molecule has 0 radical (unpaired) electrons. The van der Waals surface area contributed by atoms with Crippen molar-refractivity contribution in [2.24, 2.45) is 0 Å². The fraction of sp³-hybridized carbons (Fsp3) is 0.227. The molecule has 3 rings (SSSR count). The Morgan fingerprint density at radius 1 is 0.960 bits per heavy atom. The Hall–Kier alpha value is -2.81. The molecule has 3 aromatic carbocycles. The summed E-state index contributed by atoms with van der Waals surface area (Å²) < 4.78 is 5.29. The summed E-state index contributed by atoms with van der Waals surface area (Å²) in [7, 11) is 1.65. The average Bonchev–Trinajstić information content (AvgIpc) is 2.65. The second kappa shape index (κ2) is 7.39. The molecule has 0 unspecified atom stereocenters. The summed E-state index contributed by atoms with van der Waals surface area (Å²) in [5.41, 5.74) is 1.78. The molecule has 0 aliphatic rings. The largest absolute Gasteiger partial charge is 0.497 e. The Balaban J connectivity index is 1.89. The van der Waals surface area contributed by atoms with Gasteiger partial charge in [-0.1, -0.05) is 42.5 Å². The molecular weight excluding hydrogens is 310 g/mol. The third-order valence-electron chi connectivity index (χ3n) is 4.37. The van der Waals surface area contributed by atoms with Crippen molar-refractivity contribution < 1.29 is 9.53 Å². The number of carbonyl (C=O) groups excluding carboxylic acids is 1. The lowest BCUT2D eigenvalue weighted by Crippen LogP contribution is -2.36. The van der Waals surface area contributed by atoms with Crippen molar-refractivity contribution in [2.45, 2.75) is 26.4 Å². The maximum atomic E-state index is 13.1. The van der Waals surface area contributed by atoms with E-state index in [0.29, 0.717) is 6.54 Å². The zero-order chi connectivity index (χ0) is 17.8. The van der Waals surface area contributed by atoms with Gasteiger partial charge in [0.1, 0.15) is 5.75 Å². The normalized spacial score (nSPS) is 10.9. The van der Waals surface area contributed by atoms with Crippen molar-refractivity contribution in [1.29, 1.82) is 0 Å². The van der Waals surface area contributed by atoms with E-state index in [2.05, 4.69) is 6.07 Å². The Kier molecular flexibility index (Phi) is 5.03. The molecule has 0 N–H and O–H groups in total. The predicted octanol–water partition coefficient (Wildman–Crippen LogP) is 4.90.